The molecule has 0 aromatic rings. The molecule has 80 valence electrons. The highest BCUT2D eigenvalue weighted by atomic mass is 16.6. The van der Waals surface area contributed by atoms with Crippen LogP contribution in [0.25, 0.3) is 0 Å². The van der Waals surface area contributed by atoms with Crippen molar-refractivity contribution in [3.63, 3.8) is 0 Å². The molecule has 1 rings (SSSR count). The fourth-order valence-corrected chi connectivity index (χ4v) is 1.15. The monoisotopic (exact) mass is 201 g/mol. The Hall–Kier alpha value is -1.10. The summed E-state index contributed by atoms with van der Waals surface area (Å²) in [5.74, 6) is -0.596. The Balaban J connectivity index is 2.39. The van der Waals surface area contributed by atoms with Crippen molar-refractivity contribution in [2.75, 3.05) is 0 Å². The number of nitrogens with one attached hydrogen (secondary N) is 1. The first-order chi connectivity index (χ1) is 6.50. The number of hydrogen-bond donors (Lipinski definition) is 2. The molecule has 2 N–H and O–H groups in total. The smallest absolute Gasteiger partial charge is 0.329 e. The average molecular weight is 201 g/mol. The number of carbonyl (C=O) groups excluding carboxylic acids is 2. The Kier molecular flexibility index (Phi) is 3.46. The molecule has 0 unspecified atom stereocenters. The molecule has 1 fully saturated rings. The first kappa shape index (κ1) is 11.0. The van der Waals surface area contributed by atoms with Crippen LogP contribution in [0.5, 0.6) is 0 Å². The van der Waals surface area contributed by atoms with Crippen LogP contribution in [0.15, 0.2) is 0 Å². The molecule has 0 spiro atoms. The molecule has 1 saturated heterocycles. The highest BCUT2D eigenvalue weighted by Gasteiger charge is 2.30. The minimum Gasteiger partial charge on any atom is -0.458 e. The summed E-state index contributed by atoms with van der Waals surface area (Å²) in [4.78, 5) is 22.2. The third-order valence-electron chi connectivity index (χ3n) is 2.26. The number of rotatable bonds is 3. The standard InChI is InChI=1S/C9H15NO4/c1-5(11)6(2)14-9(13)7-3-4-8(12)10-7/h5-7,11H,3-4H2,1-2H3,(H,10,12)/t5-,6+,7+/m1/s1. The predicted molar refractivity (Wildman–Crippen MR) is 48.4 cm³/mol. The third kappa shape index (κ3) is 2.70. The van der Waals surface area contributed by atoms with Crippen molar-refractivity contribution in [2.45, 2.75) is 44.9 Å². The lowest BCUT2D eigenvalue weighted by atomic mass is 10.2. The second-order valence-corrected chi connectivity index (χ2v) is 3.54. The fourth-order valence-electron chi connectivity index (χ4n) is 1.15. The molecular weight excluding hydrogens is 186 g/mol. The van der Waals surface area contributed by atoms with Crippen molar-refractivity contribution in [1.29, 1.82) is 0 Å². The van der Waals surface area contributed by atoms with Gasteiger partial charge >= 0.3 is 5.97 Å². The largest absolute Gasteiger partial charge is 0.458 e. The molecule has 5 nitrogen and oxygen atoms in total. The molecule has 14 heavy (non-hydrogen) atoms. The second kappa shape index (κ2) is 4.41. The Bertz CT molecular complexity index is 239. The van der Waals surface area contributed by atoms with E-state index in [4.69, 9.17) is 9.84 Å². The maximum absolute atomic E-state index is 11.4. The number of esters is 1. The van der Waals surface area contributed by atoms with Gasteiger partial charge in [-0.05, 0) is 20.3 Å². The van der Waals surface area contributed by atoms with E-state index in [1.165, 1.54) is 0 Å². The summed E-state index contributed by atoms with van der Waals surface area (Å²) in [7, 11) is 0. The molecule has 0 bridgehead atoms. The van der Waals surface area contributed by atoms with E-state index in [1.807, 2.05) is 0 Å². The Morgan fingerprint density at radius 2 is 2.29 bits per heavy atom. The minimum absolute atomic E-state index is 0.128. The topological polar surface area (TPSA) is 75.6 Å². The quantitative estimate of drug-likeness (QED) is 0.608. The van der Waals surface area contributed by atoms with Crippen LogP contribution in [0.3, 0.4) is 0 Å². The number of aliphatic hydroxyl groups is 1. The van der Waals surface area contributed by atoms with Crippen LogP contribution in [0.1, 0.15) is 26.7 Å². The van der Waals surface area contributed by atoms with Crippen LogP contribution in [0.4, 0.5) is 0 Å². The maximum Gasteiger partial charge on any atom is 0.329 e. The number of ether oxygens (including phenoxy) is 1. The molecule has 1 heterocycles. The van der Waals surface area contributed by atoms with Gasteiger partial charge in [0.05, 0.1) is 6.10 Å². The molecule has 0 aromatic heterocycles. The molecule has 0 aromatic carbocycles. The van der Waals surface area contributed by atoms with Crippen LogP contribution >= 0.6 is 0 Å². The average Bonchev–Trinajstić information content (AvgIpc) is 2.51. The minimum atomic E-state index is -0.698. The molecule has 1 aliphatic heterocycles. The van der Waals surface area contributed by atoms with E-state index in [2.05, 4.69) is 5.32 Å². The molecule has 3 atom stereocenters. The lowest BCUT2D eigenvalue weighted by molar-refractivity contribution is -0.155. The lowest BCUT2D eigenvalue weighted by Crippen LogP contribution is -2.38. The van der Waals surface area contributed by atoms with Crippen molar-refractivity contribution < 1.29 is 19.4 Å². The van der Waals surface area contributed by atoms with Crippen LogP contribution in [0, 0.1) is 0 Å². The van der Waals surface area contributed by atoms with Gasteiger partial charge in [0, 0.05) is 6.42 Å². The summed E-state index contributed by atoms with van der Waals surface area (Å²) in [6.45, 7) is 3.16. The summed E-state index contributed by atoms with van der Waals surface area (Å²) in [6, 6.07) is -0.538. The summed E-state index contributed by atoms with van der Waals surface area (Å²) >= 11 is 0. The van der Waals surface area contributed by atoms with Gasteiger partial charge in [-0.25, -0.2) is 4.79 Å². The van der Waals surface area contributed by atoms with Gasteiger partial charge in [-0.15, -0.1) is 0 Å². The van der Waals surface area contributed by atoms with Gasteiger partial charge in [0.2, 0.25) is 5.91 Å². The highest BCUT2D eigenvalue weighted by Crippen LogP contribution is 2.10. The van der Waals surface area contributed by atoms with E-state index in [0.717, 1.165) is 0 Å². The highest BCUT2D eigenvalue weighted by molar-refractivity contribution is 5.88. The zero-order valence-electron chi connectivity index (χ0n) is 8.32. The first-order valence-corrected chi connectivity index (χ1v) is 4.68. The SMILES string of the molecule is C[C@H](OC(=O)[C@@H]1CCC(=O)N1)[C@@H](C)O. The summed E-state index contributed by atoms with van der Waals surface area (Å²) in [6.07, 6.45) is -0.399. The molecule has 1 aliphatic rings. The normalized spacial score (nSPS) is 25.4. The second-order valence-electron chi connectivity index (χ2n) is 3.54. The lowest BCUT2D eigenvalue weighted by Gasteiger charge is -2.18. The van der Waals surface area contributed by atoms with E-state index >= 15 is 0 Å². The van der Waals surface area contributed by atoms with Crippen LogP contribution in [-0.2, 0) is 14.3 Å². The van der Waals surface area contributed by atoms with Crippen LogP contribution in [-0.4, -0.2) is 35.2 Å². The fraction of sp³-hybridized carbons (Fsp3) is 0.778. The van der Waals surface area contributed by atoms with E-state index in [9.17, 15) is 9.59 Å². The van der Waals surface area contributed by atoms with Gasteiger partial charge in [0.1, 0.15) is 12.1 Å². The van der Waals surface area contributed by atoms with Crippen LogP contribution < -0.4 is 5.32 Å². The van der Waals surface area contributed by atoms with E-state index in [-0.39, 0.29) is 5.91 Å². The summed E-state index contributed by atoms with van der Waals surface area (Å²) in [5.41, 5.74) is 0. The van der Waals surface area contributed by atoms with Crippen molar-refractivity contribution in [3.05, 3.63) is 0 Å². The van der Waals surface area contributed by atoms with Crippen molar-refractivity contribution in [1.82, 2.24) is 5.32 Å². The molecule has 0 saturated carbocycles. The third-order valence-corrected chi connectivity index (χ3v) is 2.26. The molecule has 5 heteroatoms. The molecule has 0 radical (unpaired) electrons. The van der Waals surface area contributed by atoms with Crippen molar-refractivity contribution in [2.24, 2.45) is 0 Å². The summed E-state index contributed by atoms with van der Waals surface area (Å²) < 4.78 is 4.94. The van der Waals surface area contributed by atoms with Gasteiger partial charge in [0.25, 0.3) is 0 Å². The van der Waals surface area contributed by atoms with Gasteiger partial charge in [0.15, 0.2) is 0 Å². The van der Waals surface area contributed by atoms with Crippen LogP contribution in [0.2, 0.25) is 0 Å². The van der Waals surface area contributed by atoms with Gasteiger partial charge in [-0.2, -0.15) is 0 Å². The Morgan fingerprint density at radius 1 is 1.64 bits per heavy atom. The van der Waals surface area contributed by atoms with E-state index in [0.29, 0.717) is 12.8 Å². The van der Waals surface area contributed by atoms with Gasteiger partial charge < -0.3 is 15.2 Å². The summed E-state index contributed by atoms with van der Waals surface area (Å²) in [5, 5.41) is 11.6. The number of aliphatic hydroxyl groups excluding tert-OH is 1. The number of carbonyl (C=O) groups is 2. The zero-order valence-corrected chi connectivity index (χ0v) is 8.32. The molecule has 1 amide bonds. The molecular formula is C9H15NO4. The zero-order chi connectivity index (χ0) is 10.7. The Labute approximate surface area is 82.4 Å². The number of amides is 1. The predicted octanol–water partition coefficient (Wildman–Crippen LogP) is -0.423. The first-order valence-electron chi connectivity index (χ1n) is 4.68. The van der Waals surface area contributed by atoms with Crippen molar-refractivity contribution in [3.8, 4) is 0 Å². The molecule has 0 aliphatic carbocycles. The number of hydrogen-bond acceptors (Lipinski definition) is 4. The van der Waals surface area contributed by atoms with E-state index < -0.39 is 24.2 Å². The Morgan fingerprint density at radius 3 is 2.71 bits per heavy atom. The van der Waals surface area contributed by atoms with E-state index in [1.54, 1.807) is 13.8 Å². The van der Waals surface area contributed by atoms with Crippen molar-refractivity contribution >= 4 is 11.9 Å². The van der Waals surface area contributed by atoms with Gasteiger partial charge in [-0.1, -0.05) is 0 Å². The maximum atomic E-state index is 11.4. The van der Waals surface area contributed by atoms with Gasteiger partial charge in [-0.3, -0.25) is 4.79 Å².